The molecule has 0 bridgehead atoms. The largest absolute Gasteiger partial charge is 0.494 e. The Hall–Kier alpha value is -5.86. The van der Waals surface area contributed by atoms with Crippen LogP contribution >= 0.6 is 0 Å². The van der Waals surface area contributed by atoms with E-state index < -0.39 is 11.6 Å². The van der Waals surface area contributed by atoms with Gasteiger partial charge in [-0.2, -0.15) is 0 Å². The predicted molar refractivity (Wildman–Crippen MR) is 206 cm³/mol. The van der Waals surface area contributed by atoms with E-state index in [1.165, 1.54) is 59.4 Å². The van der Waals surface area contributed by atoms with Crippen molar-refractivity contribution < 1.29 is 18.3 Å². The van der Waals surface area contributed by atoms with Gasteiger partial charge in [-0.05, 0) is 74.5 Å². The van der Waals surface area contributed by atoms with Gasteiger partial charge in [-0.1, -0.05) is 0 Å². The molecule has 0 unspecified atom stereocenters. The van der Waals surface area contributed by atoms with Crippen LogP contribution in [0.25, 0.3) is 33.8 Å². The lowest BCUT2D eigenvalue weighted by Gasteiger charge is -2.33. The summed E-state index contributed by atoms with van der Waals surface area (Å²) < 4.78 is 40.9. The van der Waals surface area contributed by atoms with Gasteiger partial charge in [0.1, 0.15) is 11.3 Å². The molecule has 0 amide bonds. The van der Waals surface area contributed by atoms with Gasteiger partial charge in [-0.25, -0.2) is 18.7 Å². The number of fused-ring (bicyclic) bond motifs is 2. The molecule has 2 aliphatic rings. The lowest BCUT2D eigenvalue weighted by Crippen LogP contribution is -2.49. The van der Waals surface area contributed by atoms with Gasteiger partial charge < -0.3 is 29.9 Å². The Bertz CT molecular complexity index is 2270. The molecule has 0 aliphatic carbocycles. The van der Waals surface area contributed by atoms with Gasteiger partial charge in [0, 0.05) is 87.0 Å². The molecule has 54 heavy (non-hydrogen) atoms. The fraction of sp³-hybridized carbons (Fsp3) is 0.300. The minimum absolute atomic E-state index is 0.158. The SMILES string of the molecule is COc1ccc(-c2cc(=O)n3cc(N4CCN[C@@H](C)C4)ccc3n2)cc1F.COc1ccc(-c2cc(=O)n3cc(N4CCN[C@H](C)C4)ccc3n2)cc1F. The maximum Gasteiger partial charge on any atom is 0.258 e. The highest BCUT2D eigenvalue weighted by atomic mass is 19.1. The number of piperazine rings is 2. The van der Waals surface area contributed by atoms with Crippen LogP contribution in [0.3, 0.4) is 0 Å². The first-order valence-electron chi connectivity index (χ1n) is 17.8. The normalized spacial score (nSPS) is 17.3. The number of nitrogens with one attached hydrogen (secondary N) is 2. The third-order valence-electron chi connectivity index (χ3n) is 9.65. The van der Waals surface area contributed by atoms with Gasteiger partial charge in [0.05, 0.1) is 37.0 Å². The Balaban J connectivity index is 0.000000167. The first-order valence-corrected chi connectivity index (χ1v) is 17.8. The van der Waals surface area contributed by atoms with Crippen molar-refractivity contribution in [2.45, 2.75) is 25.9 Å². The van der Waals surface area contributed by atoms with Gasteiger partial charge in [0.15, 0.2) is 23.1 Å². The van der Waals surface area contributed by atoms with Gasteiger partial charge in [0.2, 0.25) is 0 Å². The van der Waals surface area contributed by atoms with Crippen LogP contribution in [0.15, 0.2) is 94.8 Å². The van der Waals surface area contributed by atoms with E-state index >= 15 is 0 Å². The smallest absolute Gasteiger partial charge is 0.258 e. The van der Waals surface area contributed by atoms with Crippen LogP contribution in [0.1, 0.15) is 13.8 Å². The number of nitrogens with zero attached hydrogens (tertiary/aromatic N) is 6. The third-order valence-corrected chi connectivity index (χ3v) is 9.65. The van der Waals surface area contributed by atoms with Crippen LogP contribution in [0.2, 0.25) is 0 Å². The Morgan fingerprint density at radius 1 is 0.630 bits per heavy atom. The molecule has 280 valence electrons. The van der Waals surface area contributed by atoms with E-state index in [9.17, 15) is 18.4 Å². The van der Waals surface area contributed by atoms with Crippen molar-refractivity contribution in [3.8, 4) is 34.0 Å². The van der Waals surface area contributed by atoms with E-state index in [1.807, 2.05) is 36.7 Å². The number of methoxy groups -OCH3 is 2. The molecule has 0 saturated carbocycles. The van der Waals surface area contributed by atoms with Crippen molar-refractivity contribution in [1.29, 1.82) is 0 Å². The predicted octanol–water partition coefficient (Wildman–Crippen LogP) is 4.61. The number of aromatic nitrogens is 4. The van der Waals surface area contributed by atoms with E-state index in [0.29, 0.717) is 45.9 Å². The van der Waals surface area contributed by atoms with Crippen molar-refractivity contribution in [2.24, 2.45) is 0 Å². The van der Waals surface area contributed by atoms with Gasteiger partial charge in [-0.15, -0.1) is 0 Å². The average Bonchev–Trinajstić information content (AvgIpc) is 3.18. The third kappa shape index (κ3) is 7.75. The molecule has 2 aromatic carbocycles. The standard InChI is InChI=1S/2C20H21FN4O2/c2*1-13-11-24(8-7-22-13)15-4-6-19-23-17(10-20(26)25(19)12-15)14-3-5-18(27-2)16(21)9-14/h2*3-6,9-10,12-13,22H,7-8,11H2,1-2H3/t2*13-/m10/s1. The first-order chi connectivity index (χ1) is 26.1. The summed E-state index contributed by atoms with van der Waals surface area (Å²) in [6.45, 7) is 9.65. The number of halogens is 2. The van der Waals surface area contributed by atoms with Crippen LogP contribution in [-0.4, -0.2) is 84.3 Å². The minimum Gasteiger partial charge on any atom is -0.494 e. The molecule has 8 rings (SSSR count). The summed E-state index contributed by atoms with van der Waals surface area (Å²) in [5.41, 5.74) is 4.58. The van der Waals surface area contributed by atoms with Gasteiger partial charge in [0.25, 0.3) is 11.1 Å². The van der Waals surface area contributed by atoms with E-state index in [1.54, 1.807) is 12.1 Å². The van der Waals surface area contributed by atoms with Crippen LogP contribution < -0.4 is 41.0 Å². The van der Waals surface area contributed by atoms with Crippen LogP contribution in [0.5, 0.6) is 11.5 Å². The van der Waals surface area contributed by atoms with Gasteiger partial charge in [-0.3, -0.25) is 18.4 Å². The second-order valence-corrected chi connectivity index (χ2v) is 13.5. The van der Waals surface area contributed by atoms with Crippen molar-refractivity contribution in [2.75, 3.05) is 63.3 Å². The number of hydrogen-bond donors (Lipinski definition) is 2. The quantitative estimate of drug-likeness (QED) is 0.251. The Morgan fingerprint density at radius 2 is 1.06 bits per heavy atom. The molecule has 2 fully saturated rings. The molecule has 2 atom stereocenters. The zero-order chi connectivity index (χ0) is 37.9. The minimum atomic E-state index is -0.486. The first kappa shape index (κ1) is 36.5. The summed E-state index contributed by atoms with van der Waals surface area (Å²) in [4.78, 5) is 38.9. The molecule has 0 spiro atoms. The summed E-state index contributed by atoms with van der Waals surface area (Å²) in [5.74, 6) is -0.655. The number of ether oxygens (including phenoxy) is 2. The lowest BCUT2D eigenvalue weighted by molar-refractivity contribution is 0.386. The Kier molecular flexibility index (Phi) is 10.6. The number of rotatable bonds is 6. The molecule has 2 aliphatic heterocycles. The molecule has 4 aromatic heterocycles. The average molecular weight is 737 g/mol. The number of hydrogen-bond acceptors (Lipinski definition) is 10. The lowest BCUT2D eigenvalue weighted by atomic mass is 10.1. The molecular weight excluding hydrogens is 694 g/mol. The highest BCUT2D eigenvalue weighted by Crippen LogP contribution is 2.26. The Morgan fingerprint density at radius 3 is 1.43 bits per heavy atom. The highest BCUT2D eigenvalue weighted by Gasteiger charge is 2.19. The van der Waals surface area contributed by atoms with Crippen LogP contribution in [-0.2, 0) is 0 Å². The second kappa shape index (κ2) is 15.6. The number of pyridine rings is 2. The van der Waals surface area contributed by atoms with Crippen molar-refractivity contribution in [3.05, 3.63) is 118 Å². The topological polar surface area (TPSA) is 118 Å². The summed E-state index contributed by atoms with van der Waals surface area (Å²) >= 11 is 0. The van der Waals surface area contributed by atoms with Crippen LogP contribution in [0.4, 0.5) is 20.2 Å². The zero-order valence-corrected chi connectivity index (χ0v) is 30.6. The van der Waals surface area contributed by atoms with Crippen molar-refractivity contribution in [3.63, 3.8) is 0 Å². The maximum atomic E-state index is 14.0. The van der Waals surface area contributed by atoms with Gasteiger partial charge >= 0.3 is 0 Å². The van der Waals surface area contributed by atoms with Crippen molar-refractivity contribution in [1.82, 2.24) is 29.4 Å². The fourth-order valence-electron chi connectivity index (χ4n) is 6.84. The van der Waals surface area contributed by atoms with E-state index in [2.05, 4.69) is 44.2 Å². The molecule has 2 saturated heterocycles. The molecule has 12 nitrogen and oxygen atoms in total. The molecule has 2 N–H and O–H groups in total. The molecule has 6 heterocycles. The van der Waals surface area contributed by atoms with Crippen LogP contribution in [0, 0.1) is 11.6 Å². The highest BCUT2D eigenvalue weighted by molar-refractivity contribution is 5.65. The second-order valence-electron chi connectivity index (χ2n) is 13.5. The fourth-order valence-corrected chi connectivity index (χ4v) is 6.84. The Labute approximate surface area is 310 Å². The molecule has 14 heteroatoms. The maximum absolute atomic E-state index is 14.0. The number of benzene rings is 2. The van der Waals surface area contributed by atoms with E-state index in [-0.39, 0.29) is 22.6 Å². The summed E-state index contributed by atoms with van der Waals surface area (Å²) in [6, 6.07) is 20.3. The molecule has 0 radical (unpaired) electrons. The summed E-state index contributed by atoms with van der Waals surface area (Å²) in [5, 5.41) is 6.81. The van der Waals surface area contributed by atoms with E-state index in [0.717, 1.165) is 50.6 Å². The zero-order valence-electron chi connectivity index (χ0n) is 30.6. The molecular formula is C40H42F2N8O4. The van der Waals surface area contributed by atoms with E-state index in [4.69, 9.17) is 9.47 Å². The summed E-state index contributed by atoms with van der Waals surface area (Å²) in [6.07, 6.45) is 3.64. The monoisotopic (exact) mass is 736 g/mol. The number of anilines is 2. The molecule has 6 aromatic rings. The summed E-state index contributed by atoms with van der Waals surface area (Å²) in [7, 11) is 2.82. The van der Waals surface area contributed by atoms with Crippen molar-refractivity contribution >= 4 is 22.7 Å².